The molecular weight excluding hydrogens is 385 g/mol. The van der Waals surface area contributed by atoms with E-state index >= 15 is 0 Å². The van der Waals surface area contributed by atoms with E-state index in [0.29, 0.717) is 38.3 Å². The highest BCUT2D eigenvalue weighted by molar-refractivity contribution is 7.14. The lowest BCUT2D eigenvalue weighted by atomic mass is 9.99. The largest absolute Gasteiger partial charge is 0.416 e. The van der Waals surface area contributed by atoms with Crippen LogP contribution in [0.2, 0.25) is 0 Å². The van der Waals surface area contributed by atoms with Crippen molar-refractivity contribution in [1.82, 2.24) is 9.80 Å². The molecule has 2 aliphatic rings. The highest BCUT2D eigenvalue weighted by Crippen LogP contribution is 2.31. The molecule has 0 saturated carbocycles. The first-order chi connectivity index (χ1) is 13.4. The summed E-state index contributed by atoms with van der Waals surface area (Å²) in [6.45, 7) is 3.04. The van der Waals surface area contributed by atoms with Crippen molar-refractivity contribution in [2.24, 2.45) is 0 Å². The summed E-state index contributed by atoms with van der Waals surface area (Å²) in [5.74, 6) is 0.0955. The maximum absolute atomic E-state index is 12.9. The topological polar surface area (TPSA) is 23.6 Å². The Kier molecular flexibility index (Phi) is 5.47. The Balaban J connectivity index is 1.34. The van der Waals surface area contributed by atoms with Gasteiger partial charge < -0.3 is 4.90 Å². The SMILES string of the molecule is O=C(c1cc2c(s1)CCCC2)N1CCN(Cc2cccc(C(F)(F)F)c2)CC1. The molecule has 2 heterocycles. The van der Waals surface area contributed by atoms with Gasteiger partial charge in [0.1, 0.15) is 0 Å². The molecule has 150 valence electrons. The number of hydrogen-bond acceptors (Lipinski definition) is 3. The van der Waals surface area contributed by atoms with Crippen LogP contribution in [0.5, 0.6) is 0 Å². The second kappa shape index (κ2) is 7.87. The molecule has 1 aliphatic heterocycles. The quantitative estimate of drug-likeness (QED) is 0.741. The van der Waals surface area contributed by atoms with Crippen molar-refractivity contribution in [2.75, 3.05) is 26.2 Å². The average molecular weight is 408 g/mol. The molecule has 0 spiro atoms. The van der Waals surface area contributed by atoms with Gasteiger partial charge in [-0.25, -0.2) is 0 Å². The van der Waals surface area contributed by atoms with Crippen molar-refractivity contribution >= 4 is 17.2 Å². The van der Waals surface area contributed by atoms with Crippen molar-refractivity contribution in [1.29, 1.82) is 0 Å². The molecular formula is C21H23F3N2OS. The second-order valence-electron chi connectivity index (χ2n) is 7.53. The van der Waals surface area contributed by atoms with E-state index in [2.05, 4.69) is 11.0 Å². The normalized spacial score (nSPS) is 18.2. The summed E-state index contributed by atoms with van der Waals surface area (Å²) < 4.78 is 38.6. The molecule has 1 fully saturated rings. The number of halogens is 3. The van der Waals surface area contributed by atoms with Gasteiger partial charge in [0, 0.05) is 37.6 Å². The standard InChI is InChI=1S/C21H23F3N2OS/c22-21(23,24)17-6-3-4-15(12-17)14-25-8-10-26(11-9-25)20(27)19-13-16-5-1-2-7-18(16)28-19/h3-4,6,12-13H,1-2,5,7-11,14H2. The van der Waals surface area contributed by atoms with Crippen LogP contribution in [0, 0.1) is 0 Å². The highest BCUT2D eigenvalue weighted by atomic mass is 32.1. The number of rotatable bonds is 3. The molecule has 0 N–H and O–H groups in total. The predicted molar refractivity (Wildman–Crippen MR) is 104 cm³/mol. The highest BCUT2D eigenvalue weighted by Gasteiger charge is 2.31. The summed E-state index contributed by atoms with van der Waals surface area (Å²) in [7, 11) is 0. The van der Waals surface area contributed by atoms with Gasteiger partial charge >= 0.3 is 6.18 Å². The molecule has 0 atom stereocenters. The third kappa shape index (κ3) is 4.25. The lowest BCUT2D eigenvalue weighted by Crippen LogP contribution is -2.48. The summed E-state index contributed by atoms with van der Waals surface area (Å²) in [5.41, 5.74) is 1.38. The number of carbonyl (C=O) groups is 1. The van der Waals surface area contributed by atoms with E-state index in [9.17, 15) is 18.0 Å². The van der Waals surface area contributed by atoms with E-state index in [0.717, 1.165) is 23.8 Å². The average Bonchev–Trinajstić information content (AvgIpc) is 3.12. The number of aryl methyl sites for hydroxylation is 2. The molecule has 1 amide bonds. The molecule has 0 radical (unpaired) electrons. The zero-order valence-corrected chi connectivity index (χ0v) is 16.4. The minimum atomic E-state index is -4.32. The van der Waals surface area contributed by atoms with Gasteiger partial charge in [-0.2, -0.15) is 13.2 Å². The predicted octanol–water partition coefficient (Wildman–Crippen LogP) is 4.60. The molecule has 2 aromatic rings. The van der Waals surface area contributed by atoms with Crippen LogP contribution >= 0.6 is 11.3 Å². The molecule has 1 aliphatic carbocycles. The number of fused-ring (bicyclic) bond motifs is 1. The number of thiophene rings is 1. The maximum atomic E-state index is 12.9. The third-order valence-electron chi connectivity index (χ3n) is 5.53. The van der Waals surface area contributed by atoms with Gasteiger partial charge in [-0.15, -0.1) is 11.3 Å². The van der Waals surface area contributed by atoms with Crippen LogP contribution in [-0.4, -0.2) is 41.9 Å². The fourth-order valence-corrected chi connectivity index (χ4v) is 5.19. The summed E-state index contributed by atoms with van der Waals surface area (Å²) in [6.07, 6.45) is 0.240. The van der Waals surface area contributed by atoms with Crippen molar-refractivity contribution in [3.63, 3.8) is 0 Å². The number of hydrogen-bond donors (Lipinski definition) is 0. The molecule has 7 heteroatoms. The van der Waals surface area contributed by atoms with Gasteiger partial charge in [0.05, 0.1) is 10.4 Å². The van der Waals surface area contributed by atoms with E-state index in [1.165, 1.54) is 35.4 Å². The van der Waals surface area contributed by atoms with E-state index in [1.54, 1.807) is 17.4 Å². The molecule has 28 heavy (non-hydrogen) atoms. The van der Waals surface area contributed by atoms with Crippen LogP contribution in [0.3, 0.4) is 0 Å². The maximum Gasteiger partial charge on any atom is 0.416 e. The Bertz CT molecular complexity index is 830. The Morgan fingerprint density at radius 3 is 2.50 bits per heavy atom. The van der Waals surface area contributed by atoms with Crippen LogP contribution in [0.25, 0.3) is 0 Å². The van der Waals surface area contributed by atoms with Gasteiger partial charge in [-0.05, 0) is 48.9 Å². The van der Waals surface area contributed by atoms with Gasteiger partial charge in [0.15, 0.2) is 0 Å². The van der Waals surface area contributed by atoms with Crippen LogP contribution < -0.4 is 0 Å². The van der Waals surface area contributed by atoms with Crippen LogP contribution in [-0.2, 0) is 25.6 Å². The zero-order chi connectivity index (χ0) is 19.7. The lowest BCUT2D eigenvalue weighted by Gasteiger charge is -2.34. The first-order valence-electron chi connectivity index (χ1n) is 9.69. The minimum absolute atomic E-state index is 0.0955. The number of carbonyl (C=O) groups excluding carboxylic acids is 1. The Labute approximate surface area is 166 Å². The van der Waals surface area contributed by atoms with Crippen molar-refractivity contribution < 1.29 is 18.0 Å². The van der Waals surface area contributed by atoms with E-state index in [1.807, 2.05) is 4.90 Å². The van der Waals surface area contributed by atoms with Crippen LogP contribution in [0.4, 0.5) is 13.2 Å². The first-order valence-corrected chi connectivity index (χ1v) is 10.5. The molecule has 1 aromatic heterocycles. The fraction of sp³-hybridized carbons (Fsp3) is 0.476. The first kappa shape index (κ1) is 19.5. The fourth-order valence-electron chi connectivity index (χ4n) is 3.97. The van der Waals surface area contributed by atoms with Gasteiger partial charge in [-0.3, -0.25) is 9.69 Å². The Morgan fingerprint density at radius 2 is 1.79 bits per heavy atom. The van der Waals surface area contributed by atoms with E-state index < -0.39 is 11.7 Å². The van der Waals surface area contributed by atoms with Crippen molar-refractivity contribution in [3.05, 3.63) is 56.8 Å². The van der Waals surface area contributed by atoms with Crippen LogP contribution in [0.1, 0.15) is 44.1 Å². The van der Waals surface area contributed by atoms with Gasteiger partial charge in [-0.1, -0.05) is 18.2 Å². The van der Waals surface area contributed by atoms with Crippen LogP contribution in [0.15, 0.2) is 30.3 Å². The smallest absolute Gasteiger partial charge is 0.335 e. The lowest BCUT2D eigenvalue weighted by molar-refractivity contribution is -0.137. The monoisotopic (exact) mass is 408 g/mol. The molecule has 1 aromatic carbocycles. The minimum Gasteiger partial charge on any atom is -0.335 e. The molecule has 3 nitrogen and oxygen atoms in total. The molecule has 0 unspecified atom stereocenters. The summed E-state index contributed by atoms with van der Waals surface area (Å²) in [5, 5.41) is 0. The molecule has 1 saturated heterocycles. The number of benzene rings is 1. The third-order valence-corrected chi connectivity index (χ3v) is 6.75. The number of piperazine rings is 1. The second-order valence-corrected chi connectivity index (χ2v) is 8.67. The summed E-state index contributed by atoms with van der Waals surface area (Å²) in [4.78, 5) is 19.0. The number of amides is 1. The van der Waals surface area contributed by atoms with Crippen molar-refractivity contribution in [3.8, 4) is 0 Å². The molecule has 4 rings (SSSR count). The van der Waals surface area contributed by atoms with Gasteiger partial charge in [0.25, 0.3) is 5.91 Å². The molecule has 0 bridgehead atoms. The Morgan fingerprint density at radius 1 is 1.04 bits per heavy atom. The van der Waals surface area contributed by atoms with Gasteiger partial charge in [0.2, 0.25) is 0 Å². The summed E-state index contributed by atoms with van der Waals surface area (Å²) >= 11 is 1.63. The van der Waals surface area contributed by atoms with Crippen molar-refractivity contribution in [2.45, 2.75) is 38.4 Å². The van der Waals surface area contributed by atoms with E-state index in [-0.39, 0.29) is 5.91 Å². The zero-order valence-electron chi connectivity index (χ0n) is 15.6. The van der Waals surface area contributed by atoms with E-state index in [4.69, 9.17) is 0 Å². The number of nitrogens with zero attached hydrogens (tertiary/aromatic N) is 2. The number of alkyl halides is 3. The Hall–Kier alpha value is -1.86. The summed E-state index contributed by atoms with van der Waals surface area (Å²) in [6, 6.07) is 7.56.